The van der Waals surface area contributed by atoms with Crippen LogP contribution in [0.1, 0.15) is 27.7 Å². The number of aromatic nitrogens is 1. The topological polar surface area (TPSA) is 62.4 Å². The van der Waals surface area contributed by atoms with E-state index < -0.39 is 11.7 Å². The first-order valence-corrected chi connectivity index (χ1v) is 8.82. The summed E-state index contributed by atoms with van der Waals surface area (Å²) in [4.78, 5) is 30.5. The van der Waals surface area contributed by atoms with Crippen LogP contribution in [-0.4, -0.2) is 41.3 Å². The first-order valence-electron chi connectivity index (χ1n) is 8.82. The van der Waals surface area contributed by atoms with Crippen LogP contribution in [0.15, 0.2) is 48.5 Å². The summed E-state index contributed by atoms with van der Waals surface area (Å²) in [5.74, 6) is -1.39. The number of fused-ring (bicyclic) bond motifs is 1. The van der Waals surface area contributed by atoms with Gasteiger partial charge in [-0.15, -0.1) is 0 Å². The summed E-state index contributed by atoms with van der Waals surface area (Å²) < 4.78 is 18.8. The van der Waals surface area contributed by atoms with Crippen LogP contribution >= 0.6 is 0 Å². The van der Waals surface area contributed by atoms with E-state index in [1.165, 1.54) is 17.0 Å². The summed E-state index contributed by atoms with van der Waals surface area (Å²) in [6.07, 6.45) is -0.375. The third kappa shape index (κ3) is 3.24. The number of rotatable bonds is 3. The molecular formula is C21H19FN2O3. The molecule has 0 radical (unpaired) electrons. The van der Waals surface area contributed by atoms with Crippen molar-refractivity contribution in [3.63, 3.8) is 0 Å². The van der Waals surface area contributed by atoms with Gasteiger partial charge in [-0.1, -0.05) is 30.3 Å². The average molecular weight is 366 g/mol. The SMILES string of the molecule is Cc1[nH]c2ccccc2c1C(=O)C(=O)N1CCO[C@@H](c2ccc(F)cc2)C1. The maximum atomic E-state index is 13.1. The molecular weight excluding hydrogens is 347 g/mol. The zero-order valence-corrected chi connectivity index (χ0v) is 14.9. The van der Waals surface area contributed by atoms with Crippen molar-refractivity contribution < 1.29 is 18.7 Å². The predicted molar refractivity (Wildman–Crippen MR) is 99.0 cm³/mol. The van der Waals surface area contributed by atoms with Gasteiger partial charge in [-0.3, -0.25) is 9.59 Å². The van der Waals surface area contributed by atoms with Crippen molar-refractivity contribution in [3.05, 3.63) is 71.2 Å². The predicted octanol–water partition coefficient (Wildman–Crippen LogP) is 3.40. The van der Waals surface area contributed by atoms with Crippen molar-refractivity contribution >= 4 is 22.6 Å². The Labute approximate surface area is 155 Å². The number of amides is 1. The van der Waals surface area contributed by atoms with Gasteiger partial charge in [0.05, 0.1) is 18.7 Å². The highest BCUT2D eigenvalue weighted by Gasteiger charge is 2.31. The Morgan fingerprint density at radius 1 is 1.15 bits per heavy atom. The van der Waals surface area contributed by atoms with Crippen LogP contribution in [-0.2, 0) is 9.53 Å². The number of morpholine rings is 1. The number of hydrogen-bond acceptors (Lipinski definition) is 3. The number of H-pyrrole nitrogens is 1. The molecule has 6 heteroatoms. The van der Waals surface area contributed by atoms with Crippen LogP contribution in [0.4, 0.5) is 4.39 Å². The van der Waals surface area contributed by atoms with Gasteiger partial charge in [0.15, 0.2) is 0 Å². The minimum absolute atomic E-state index is 0.262. The molecule has 3 aromatic rings. The molecule has 1 aliphatic heterocycles. The molecule has 0 saturated carbocycles. The van der Waals surface area contributed by atoms with Crippen molar-refractivity contribution in [1.82, 2.24) is 9.88 Å². The smallest absolute Gasteiger partial charge is 0.295 e. The second-order valence-electron chi connectivity index (χ2n) is 6.66. The molecule has 1 amide bonds. The van der Waals surface area contributed by atoms with Crippen LogP contribution in [0.3, 0.4) is 0 Å². The highest BCUT2D eigenvalue weighted by Crippen LogP contribution is 2.26. The molecule has 27 heavy (non-hydrogen) atoms. The Balaban J connectivity index is 1.57. The van der Waals surface area contributed by atoms with Gasteiger partial charge in [0, 0.05) is 23.1 Å². The number of ether oxygens (including phenoxy) is 1. The van der Waals surface area contributed by atoms with Crippen LogP contribution in [0.5, 0.6) is 0 Å². The Bertz CT molecular complexity index is 1010. The summed E-state index contributed by atoms with van der Waals surface area (Å²) in [5, 5.41) is 0.747. The first-order chi connectivity index (χ1) is 13.0. The number of halogens is 1. The lowest BCUT2D eigenvalue weighted by Crippen LogP contribution is -2.45. The number of Topliss-reactive ketones (excluding diaryl/α,β-unsaturated/α-hetero) is 1. The Kier molecular flexibility index (Phi) is 4.49. The van der Waals surface area contributed by atoms with Gasteiger partial charge >= 0.3 is 0 Å². The van der Waals surface area contributed by atoms with Gasteiger partial charge in [-0.25, -0.2) is 4.39 Å². The summed E-state index contributed by atoms with van der Waals surface area (Å²) in [7, 11) is 0. The fraction of sp³-hybridized carbons (Fsp3) is 0.238. The van der Waals surface area contributed by atoms with Gasteiger partial charge in [0.25, 0.3) is 11.7 Å². The molecule has 0 unspecified atom stereocenters. The summed E-state index contributed by atoms with van der Waals surface area (Å²) in [5.41, 5.74) is 2.71. The second-order valence-corrected chi connectivity index (χ2v) is 6.66. The van der Waals surface area contributed by atoms with E-state index in [-0.39, 0.29) is 18.5 Å². The number of para-hydroxylation sites is 1. The quantitative estimate of drug-likeness (QED) is 0.571. The van der Waals surface area contributed by atoms with Crippen molar-refractivity contribution in [2.75, 3.05) is 19.7 Å². The number of ketones is 1. The number of carbonyl (C=O) groups excluding carboxylic acids is 2. The molecule has 1 atom stereocenters. The molecule has 138 valence electrons. The first kappa shape index (κ1) is 17.4. The largest absolute Gasteiger partial charge is 0.370 e. The van der Waals surface area contributed by atoms with Crippen LogP contribution in [0.25, 0.3) is 10.9 Å². The summed E-state index contributed by atoms with van der Waals surface area (Å²) >= 11 is 0. The van der Waals surface area contributed by atoms with Crippen LogP contribution in [0, 0.1) is 12.7 Å². The number of nitrogens with zero attached hydrogens (tertiary/aromatic N) is 1. The van der Waals surface area contributed by atoms with E-state index in [0.29, 0.717) is 24.4 Å². The lowest BCUT2D eigenvalue weighted by Gasteiger charge is -2.32. The molecule has 1 N–H and O–H groups in total. The van der Waals surface area contributed by atoms with E-state index in [9.17, 15) is 14.0 Å². The monoisotopic (exact) mass is 366 g/mol. The fourth-order valence-corrected chi connectivity index (χ4v) is 3.53. The molecule has 1 saturated heterocycles. The Hall–Kier alpha value is -2.99. The zero-order valence-electron chi connectivity index (χ0n) is 14.9. The number of hydrogen-bond donors (Lipinski definition) is 1. The van der Waals surface area contributed by atoms with E-state index in [2.05, 4.69) is 4.98 Å². The second kappa shape index (κ2) is 6.96. The van der Waals surface area contributed by atoms with Gasteiger partial charge < -0.3 is 14.6 Å². The normalized spacial score (nSPS) is 17.3. The lowest BCUT2D eigenvalue weighted by atomic mass is 10.0. The van der Waals surface area contributed by atoms with E-state index >= 15 is 0 Å². The lowest BCUT2D eigenvalue weighted by molar-refractivity contribution is -0.134. The third-order valence-electron chi connectivity index (χ3n) is 4.91. The standard InChI is InChI=1S/C21H19FN2O3/c1-13-19(16-4-2-3-5-17(16)23-13)20(25)21(26)24-10-11-27-18(12-24)14-6-8-15(22)9-7-14/h2-9,18,23H,10-12H2,1H3/t18-/m1/s1. The Morgan fingerprint density at radius 2 is 1.89 bits per heavy atom. The van der Waals surface area contributed by atoms with Crippen molar-refractivity contribution in [3.8, 4) is 0 Å². The van der Waals surface area contributed by atoms with Crippen molar-refractivity contribution in [2.45, 2.75) is 13.0 Å². The fourth-order valence-electron chi connectivity index (χ4n) is 3.53. The average Bonchev–Trinajstić information content (AvgIpc) is 3.03. The minimum Gasteiger partial charge on any atom is -0.370 e. The number of aryl methyl sites for hydroxylation is 1. The van der Waals surface area contributed by atoms with Gasteiger partial charge in [-0.2, -0.15) is 0 Å². The van der Waals surface area contributed by atoms with E-state index in [4.69, 9.17) is 4.74 Å². The summed E-state index contributed by atoms with van der Waals surface area (Å²) in [6.45, 7) is 2.73. The molecule has 1 aromatic heterocycles. The van der Waals surface area contributed by atoms with Gasteiger partial charge in [-0.05, 0) is 30.7 Å². The molecule has 1 fully saturated rings. The molecule has 1 aliphatic rings. The summed E-state index contributed by atoms with van der Waals surface area (Å²) in [6, 6.07) is 13.4. The Morgan fingerprint density at radius 3 is 2.67 bits per heavy atom. The highest BCUT2D eigenvalue weighted by atomic mass is 19.1. The van der Waals surface area contributed by atoms with Gasteiger partial charge in [0.2, 0.25) is 0 Å². The molecule has 4 rings (SSSR count). The van der Waals surface area contributed by atoms with Crippen LogP contribution < -0.4 is 0 Å². The van der Waals surface area contributed by atoms with E-state index in [0.717, 1.165) is 16.5 Å². The molecule has 5 nitrogen and oxygen atoms in total. The maximum Gasteiger partial charge on any atom is 0.295 e. The third-order valence-corrected chi connectivity index (χ3v) is 4.91. The van der Waals surface area contributed by atoms with Crippen molar-refractivity contribution in [2.24, 2.45) is 0 Å². The van der Waals surface area contributed by atoms with E-state index in [1.54, 1.807) is 19.1 Å². The van der Waals surface area contributed by atoms with Crippen LogP contribution in [0.2, 0.25) is 0 Å². The van der Waals surface area contributed by atoms with E-state index in [1.807, 2.05) is 24.3 Å². The zero-order chi connectivity index (χ0) is 19.0. The molecule has 0 spiro atoms. The van der Waals surface area contributed by atoms with Gasteiger partial charge in [0.1, 0.15) is 11.9 Å². The highest BCUT2D eigenvalue weighted by molar-refractivity contribution is 6.45. The number of benzene rings is 2. The number of nitrogens with one attached hydrogen (secondary N) is 1. The molecule has 0 bridgehead atoms. The minimum atomic E-state index is -0.543. The van der Waals surface area contributed by atoms with Crippen molar-refractivity contribution in [1.29, 1.82) is 0 Å². The molecule has 2 aromatic carbocycles. The number of aromatic amines is 1. The maximum absolute atomic E-state index is 13.1. The molecule has 2 heterocycles. The number of carbonyl (C=O) groups is 2. The molecule has 0 aliphatic carbocycles.